The number of nitrogens with zero attached hydrogens (tertiary/aromatic N) is 2. The second kappa shape index (κ2) is 3.74. The molecule has 0 aliphatic carbocycles. The van der Waals surface area contributed by atoms with Crippen molar-refractivity contribution in [2.24, 2.45) is 10.9 Å². The summed E-state index contributed by atoms with van der Waals surface area (Å²) in [5.41, 5.74) is 1.63. The molecule has 1 aromatic heterocycles. The first-order valence-corrected chi connectivity index (χ1v) is 5.21. The lowest BCUT2D eigenvalue weighted by atomic mass is 9.87. The van der Waals surface area contributed by atoms with E-state index in [1.165, 1.54) is 0 Å². The largest absolute Gasteiger partial charge is 0.272 e. The molecular formula is C11H11ClN2O. The van der Waals surface area contributed by atoms with Gasteiger partial charge in [0.2, 0.25) is 0 Å². The van der Waals surface area contributed by atoms with Crippen molar-refractivity contribution in [2.45, 2.75) is 19.8 Å². The molecule has 0 spiro atoms. The second-order valence-corrected chi connectivity index (χ2v) is 4.31. The van der Waals surface area contributed by atoms with Gasteiger partial charge in [0.05, 0.1) is 11.6 Å². The van der Waals surface area contributed by atoms with Gasteiger partial charge in [0, 0.05) is 11.8 Å². The summed E-state index contributed by atoms with van der Waals surface area (Å²) in [5, 5.41) is 0.419. The normalized spacial score (nSPS) is 19.5. The molecule has 0 saturated heterocycles. The summed E-state index contributed by atoms with van der Waals surface area (Å²) in [6.07, 6.45) is 1.56. The Morgan fingerprint density at radius 3 is 2.80 bits per heavy atom. The fourth-order valence-corrected chi connectivity index (χ4v) is 1.90. The lowest BCUT2D eigenvalue weighted by Crippen LogP contribution is -2.23. The van der Waals surface area contributed by atoms with E-state index in [0.717, 1.165) is 11.3 Å². The Bertz CT molecular complexity index is 440. The van der Waals surface area contributed by atoms with Crippen LogP contribution in [0.4, 0.5) is 0 Å². The third kappa shape index (κ3) is 1.79. The number of aromatic nitrogens is 1. The van der Waals surface area contributed by atoms with Gasteiger partial charge in [-0.05, 0) is 18.1 Å². The summed E-state index contributed by atoms with van der Waals surface area (Å²) in [5.74, 6) is -0.212. The smallest absolute Gasteiger partial charge is 0.255 e. The van der Waals surface area contributed by atoms with E-state index >= 15 is 0 Å². The monoisotopic (exact) mass is 222 g/mol. The Balaban J connectivity index is 2.57. The topological polar surface area (TPSA) is 42.3 Å². The first-order chi connectivity index (χ1) is 7.09. The number of halogens is 1. The second-order valence-electron chi connectivity index (χ2n) is 3.93. The molecule has 1 aliphatic heterocycles. The van der Waals surface area contributed by atoms with Gasteiger partial charge in [-0.1, -0.05) is 25.4 Å². The van der Waals surface area contributed by atoms with E-state index in [0.29, 0.717) is 5.15 Å². The first-order valence-electron chi connectivity index (χ1n) is 4.84. The van der Waals surface area contributed by atoms with Gasteiger partial charge in [-0.15, -0.1) is 0 Å². The number of aliphatic imine (C=N–C) groups is 1. The van der Waals surface area contributed by atoms with Crippen molar-refractivity contribution in [1.29, 1.82) is 0 Å². The Hall–Kier alpha value is -1.22. The molecule has 0 N–H and O–H groups in total. The van der Waals surface area contributed by atoms with Crippen molar-refractivity contribution in [1.82, 2.24) is 4.98 Å². The van der Waals surface area contributed by atoms with Crippen LogP contribution in [0.15, 0.2) is 17.1 Å². The van der Waals surface area contributed by atoms with Gasteiger partial charge in [-0.3, -0.25) is 4.79 Å². The van der Waals surface area contributed by atoms with Gasteiger partial charge in [-0.2, -0.15) is 0 Å². The molecule has 78 valence electrons. The van der Waals surface area contributed by atoms with Crippen LogP contribution in [0.5, 0.6) is 0 Å². The van der Waals surface area contributed by atoms with Crippen LogP contribution in [0.3, 0.4) is 0 Å². The number of carbonyl (C=O) groups excluding carboxylic acids is 1. The van der Waals surface area contributed by atoms with E-state index in [1.54, 1.807) is 12.3 Å². The molecule has 15 heavy (non-hydrogen) atoms. The number of pyridine rings is 1. The van der Waals surface area contributed by atoms with Gasteiger partial charge >= 0.3 is 0 Å². The fraction of sp³-hybridized carbons (Fsp3) is 0.364. The summed E-state index contributed by atoms with van der Waals surface area (Å²) in [4.78, 5) is 19.7. The quantitative estimate of drug-likeness (QED) is 0.685. The average Bonchev–Trinajstić information content (AvgIpc) is 2.16. The molecule has 0 radical (unpaired) electrons. The van der Waals surface area contributed by atoms with Gasteiger partial charge in [0.1, 0.15) is 5.15 Å². The molecule has 1 unspecified atom stereocenters. The van der Waals surface area contributed by atoms with E-state index in [9.17, 15) is 4.79 Å². The van der Waals surface area contributed by atoms with Gasteiger partial charge in [0.15, 0.2) is 0 Å². The molecule has 3 nitrogen and oxygen atoms in total. The van der Waals surface area contributed by atoms with Crippen molar-refractivity contribution in [3.05, 3.63) is 28.5 Å². The molecule has 0 fully saturated rings. The summed E-state index contributed by atoms with van der Waals surface area (Å²) >= 11 is 5.83. The number of hydrogen-bond donors (Lipinski definition) is 0. The van der Waals surface area contributed by atoms with Crippen LogP contribution in [0.25, 0.3) is 0 Å². The van der Waals surface area contributed by atoms with Crippen LogP contribution in [-0.2, 0) is 4.79 Å². The highest BCUT2D eigenvalue weighted by Crippen LogP contribution is 2.30. The number of fused-ring (bicyclic) bond motifs is 1. The fourth-order valence-electron chi connectivity index (χ4n) is 1.75. The summed E-state index contributed by atoms with van der Waals surface area (Å²) in [7, 11) is 0. The number of hydrogen-bond acceptors (Lipinski definition) is 2. The number of carbonyl (C=O) groups is 1. The van der Waals surface area contributed by atoms with Crippen LogP contribution < -0.4 is 0 Å². The van der Waals surface area contributed by atoms with Crippen molar-refractivity contribution in [3.8, 4) is 0 Å². The highest BCUT2D eigenvalue weighted by Gasteiger charge is 2.29. The summed E-state index contributed by atoms with van der Waals surface area (Å²) in [6, 6.07) is 3.55. The van der Waals surface area contributed by atoms with Crippen molar-refractivity contribution < 1.29 is 4.79 Å². The number of rotatable bonds is 1. The zero-order valence-electron chi connectivity index (χ0n) is 8.57. The third-order valence-electron chi connectivity index (χ3n) is 2.48. The third-order valence-corrected chi connectivity index (χ3v) is 2.69. The SMILES string of the molecule is CC(C)C1C(=O)N=Cc2ccc(Cl)nc21. The molecule has 0 saturated carbocycles. The molecule has 2 heterocycles. The molecule has 2 rings (SSSR count). The Morgan fingerprint density at radius 2 is 2.13 bits per heavy atom. The Morgan fingerprint density at radius 1 is 1.40 bits per heavy atom. The summed E-state index contributed by atoms with van der Waals surface area (Å²) < 4.78 is 0. The van der Waals surface area contributed by atoms with Crippen LogP contribution in [-0.4, -0.2) is 17.1 Å². The maximum atomic E-state index is 11.6. The van der Waals surface area contributed by atoms with Crippen LogP contribution in [0.2, 0.25) is 5.15 Å². The molecule has 1 aliphatic rings. The zero-order chi connectivity index (χ0) is 11.0. The maximum absolute atomic E-state index is 11.6. The molecule has 1 amide bonds. The van der Waals surface area contributed by atoms with E-state index in [-0.39, 0.29) is 17.7 Å². The summed E-state index contributed by atoms with van der Waals surface area (Å²) in [6.45, 7) is 3.96. The van der Waals surface area contributed by atoms with Gasteiger partial charge in [-0.25, -0.2) is 9.98 Å². The van der Waals surface area contributed by atoms with Crippen molar-refractivity contribution >= 4 is 23.7 Å². The average molecular weight is 223 g/mol. The highest BCUT2D eigenvalue weighted by atomic mass is 35.5. The standard InChI is InChI=1S/C11H11ClN2O/c1-6(2)9-10-7(5-13-11(9)15)3-4-8(12)14-10/h3-6,9H,1-2H3. The van der Waals surface area contributed by atoms with E-state index in [1.807, 2.05) is 19.9 Å². The minimum atomic E-state index is -0.260. The van der Waals surface area contributed by atoms with Crippen LogP contribution in [0.1, 0.15) is 31.0 Å². The van der Waals surface area contributed by atoms with E-state index < -0.39 is 0 Å². The zero-order valence-corrected chi connectivity index (χ0v) is 9.32. The molecule has 1 atom stereocenters. The van der Waals surface area contributed by atoms with Crippen molar-refractivity contribution in [2.75, 3.05) is 0 Å². The molecule has 0 aromatic carbocycles. The Kier molecular flexibility index (Phi) is 2.57. The van der Waals surface area contributed by atoms with Gasteiger partial charge < -0.3 is 0 Å². The minimum absolute atomic E-state index is 0.132. The molecule has 0 bridgehead atoms. The predicted molar refractivity (Wildman–Crippen MR) is 59.4 cm³/mol. The molecular weight excluding hydrogens is 212 g/mol. The maximum Gasteiger partial charge on any atom is 0.255 e. The molecule has 4 heteroatoms. The molecule has 1 aromatic rings. The van der Waals surface area contributed by atoms with Crippen LogP contribution in [0, 0.1) is 5.92 Å². The lowest BCUT2D eigenvalue weighted by molar-refractivity contribution is -0.120. The Labute approximate surface area is 93.2 Å². The highest BCUT2D eigenvalue weighted by molar-refractivity contribution is 6.29. The number of amides is 1. The van der Waals surface area contributed by atoms with E-state index in [2.05, 4.69) is 9.98 Å². The predicted octanol–water partition coefficient (Wildman–Crippen LogP) is 2.43. The first kappa shape index (κ1) is 10.3. The van der Waals surface area contributed by atoms with Crippen molar-refractivity contribution in [3.63, 3.8) is 0 Å². The minimum Gasteiger partial charge on any atom is -0.272 e. The van der Waals surface area contributed by atoms with Crippen LogP contribution >= 0.6 is 11.6 Å². The van der Waals surface area contributed by atoms with Gasteiger partial charge in [0.25, 0.3) is 5.91 Å². The lowest BCUT2D eigenvalue weighted by Gasteiger charge is -2.21. The van der Waals surface area contributed by atoms with E-state index in [4.69, 9.17) is 11.6 Å².